The molecule has 57 heavy (non-hydrogen) atoms. The average molecular weight is 841 g/mol. The Labute approximate surface area is 345 Å². The zero-order valence-electron chi connectivity index (χ0n) is 35.8. The Morgan fingerprint density at radius 1 is 0.737 bits per heavy atom. The lowest BCUT2D eigenvalue weighted by atomic mass is 9.99. The summed E-state index contributed by atoms with van der Waals surface area (Å²) in [7, 11) is -5.36. The lowest BCUT2D eigenvalue weighted by molar-refractivity contribution is -0.298. The van der Waals surface area contributed by atoms with Crippen LogP contribution >= 0.6 is 0 Å². The first-order valence-corrected chi connectivity index (χ1v) is 23.5. The summed E-state index contributed by atoms with van der Waals surface area (Å²) in [5.41, 5.74) is 0. The van der Waals surface area contributed by atoms with Gasteiger partial charge in [-0.15, -0.1) is 0 Å². The number of nitrogens with one attached hydrogen (secondary N) is 1. The van der Waals surface area contributed by atoms with E-state index in [-0.39, 0.29) is 12.6 Å². The number of aliphatic hydroxyl groups is 5. The highest BCUT2D eigenvalue weighted by Gasteiger charge is 2.47. The molecule has 0 aromatic rings. The molecule has 0 aromatic carbocycles. The van der Waals surface area contributed by atoms with Crippen molar-refractivity contribution in [2.75, 3.05) is 13.2 Å². The molecule has 0 saturated carbocycles. The minimum atomic E-state index is -5.36. The Morgan fingerprint density at radius 3 is 1.61 bits per heavy atom. The van der Waals surface area contributed by atoms with Gasteiger partial charge < -0.3 is 51.0 Å². The Bertz CT molecular complexity index is 1090. The minimum Gasteiger partial charge on any atom is -0.726 e. The Hall–Kier alpha value is -1.24. The van der Waals surface area contributed by atoms with E-state index < -0.39 is 78.5 Å². The van der Waals surface area contributed by atoms with Crippen LogP contribution in [0.25, 0.3) is 0 Å². The predicted octanol–water partition coefficient (Wildman–Crippen LogP) is 7.00. The van der Waals surface area contributed by atoms with Crippen molar-refractivity contribution < 1.29 is 57.0 Å². The van der Waals surface area contributed by atoms with E-state index in [4.69, 9.17) is 9.47 Å². The number of aliphatic hydroxyl groups excluding tert-OH is 5. The lowest BCUT2D eigenvalue weighted by Crippen LogP contribution is -2.61. The molecule has 1 heterocycles. The molecule has 1 saturated heterocycles. The van der Waals surface area contributed by atoms with Gasteiger partial charge in [-0.05, 0) is 19.3 Å². The number of allylic oxidation sites excluding steroid dienone is 1. The van der Waals surface area contributed by atoms with E-state index in [2.05, 4.69) is 23.3 Å². The normalized spacial score (nSPS) is 21.6. The fourth-order valence-corrected chi connectivity index (χ4v) is 7.60. The van der Waals surface area contributed by atoms with Crippen LogP contribution in [0, 0.1) is 0 Å². The number of rotatable bonds is 37. The monoisotopic (exact) mass is 841 g/mol. The topological polar surface area (TPSA) is 252 Å². The van der Waals surface area contributed by atoms with Crippen LogP contribution in [0.1, 0.15) is 187 Å². The largest absolute Gasteiger partial charge is 0.726 e. The van der Waals surface area contributed by atoms with Crippen LogP contribution in [0.3, 0.4) is 0 Å². The number of ether oxygens (including phenoxy) is 2. The molecule has 2 unspecified atom stereocenters. The zero-order valence-corrected chi connectivity index (χ0v) is 36.6. The second kappa shape index (κ2) is 35.5. The van der Waals surface area contributed by atoms with E-state index in [1.54, 1.807) is 0 Å². The smallest absolute Gasteiger partial charge is 0.249 e. The Kier molecular flexibility index (Phi) is 34.7. The number of carbonyl (C=O) groups excluding carboxylic acids is 1. The first-order chi connectivity index (χ1) is 26.9. The van der Waals surface area contributed by atoms with E-state index in [0.29, 0.717) is 12.8 Å². The van der Waals surface area contributed by atoms with E-state index in [9.17, 15) is 43.3 Å². The van der Waals surface area contributed by atoms with E-state index in [0.717, 1.165) is 38.5 Å². The van der Waals surface area contributed by atoms with Crippen LogP contribution in [0.5, 0.6) is 0 Å². The van der Waals surface area contributed by atoms with Gasteiger partial charge in [0.05, 0.1) is 25.4 Å². The second-order valence-electron chi connectivity index (χ2n) is 15.8. The van der Waals surface area contributed by atoms with Crippen LogP contribution in [0.4, 0.5) is 0 Å². The van der Waals surface area contributed by atoms with Gasteiger partial charge in [0.1, 0.15) is 30.5 Å². The molecular weight excluding hydrogens is 757 g/mol. The van der Waals surface area contributed by atoms with Crippen LogP contribution < -0.4 is 11.5 Å². The summed E-state index contributed by atoms with van der Waals surface area (Å²) < 4.78 is 49.1. The minimum absolute atomic E-state index is 0. The first-order valence-electron chi connectivity index (χ1n) is 22.2. The molecule has 10 N–H and O–H groups in total. The molecule has 1 rings (SSSR count). The molecule has 15 heteroatoms. The van der Waals surface area contributed by atoms with Gasteiger partial charge in [0.25, 0.3) is 0 Å². The van der Waals surface area contributed by atoms with Crippen LogP contribution in [-0.2, 0) is 28.9 Å². The van der Waals surface area contributed by atoms with Crippen LogP contribution in [-0.4, -0.2) is 107 Å². The quantitative estimate of drug-likeness (QED) is 0.0145. The molecule has 0 spiro atoms. The standard InChI is InChI=1S/C42H81NO12S.H3N/c1-3-5-7-9-11-13-15-17-19-21-23-25-27-29-31-36(46)41(49)43-34(35(45)30-28-26-24-22-20-18-16-14-12-10-8-6-4-2)33-53-42-39(48)40(55-56(50,51)52)38(47)37(32-44)54-42;/h28,30,34-40,42,44-48H,3-27,29,31-33H2,1-2H3,(H,43,49)(H,50,51,52);1H3/b30-28+;/t34-,35+,36-,37?,38-,39?,40-,42+;/m0./s1. The SMILES string of the molecule is CCCCCCCCCCCCC/C=C/[C@@H](O)[C@H](CO[C@@H]1OC(CO)[C@H](O)[C@H](OS(=O)(=O)[O-])C1O)NC(=O)[C@@H](O)CCCCCCCCCCCCCCCC.[NH4+]. The van der Waals surface area contributed by atoms with E-state index in [1.165, 1.54) is 122 Å². The van der Waals surface area contributed by atoms with E-state index in [1.807, 2.05) is 6.08 Å². The van der Waals surface area contributed by atoms with Crippen molar-refractivity contribution in [2.45, 2.75) is 236 Å². The highest BCUT2D eigenvalue weighted by atomic mass is 32.3. The third-order valence-corrected chi connectivity index (χ3v) is 11.1. The maximum atomic E-state index is 13.1. The fraction of sp³-hybridized carbons (Fsp3) is 0.929. The maximum absolute atomic E-state index is 13.1. The van der Waals surface area contributed by atoms with Crippen molar-refractivity contribution in [3.8, 4) is 0 Å². The summed E-state index contributed by atoms with van der Waals surface area (Å²) >= 11 is 0. The molecule has 0 aromatic heterocycles. The van der Waals surface area contributed by atoms with Gasteiger partial charge in [-0.25, -0.2) is 8.42 Å². The van der Waals surface area contributed by atoms with Gasteiger partial charge in [-0.1, -0.05) is 180 Å². The molecule has 0 bridgehead atoms. The predicted molar refractivity (Wildman–Crippen MR) is 223 cm³/mol. The maximum Gasteiger partial charge on any atom is 0.249 e. The molecule has 1 fully saturated rings. The molecular formula is C42H84N2O12S. The second-order valence-corrected chi connectivity index (χ2v) is 16.8. The number of quaternary nitrogens is 1. The Morgan fingerprint density at radius 2 is 1.18 bits per heavy atom. The van der Waals surface area contributed by atoms with Gasteiger partial charge in [-0.2, -0.15) is 0 Å². The van der Waals surface area contributed by atoms with Gasteiger partial charge in [0.2, 0.25) is 16.3 Å². The fourth-order valence-electron chi connectivity index (χ4n) is 7.10. The van der Waals surface area contributed by atoms with Crippen molar-refractivity contribution in [1.29, 1.82) is 0 Å². The van der Waals surface area contributed by atoms with Crippen molar-refractivity contribution in [2.24, 2.45) is 0 Å². The highest BCUT2D eigenvalue weighted by molar-refractivity contribution is 7.80. The first kappa shape index (κ1) is 55.8. The van der Waals surface area contributed by atoms with Gasteiger partial charge >= 0.3 is 0 Å². The summed E-state index contributed by atoms with van der Waals surface area (Å²) in [6.45, 7) is 3.16. The summed E-state index contributed by atoms with van der Waals surface area (Å²) in [6.07, 6.45) is 22.6. The van der Waals surface area contributed by atoms with Gasteiger partial charge in [0.15, 0.2) is 6.29 Å². The lowest BCUT2D eigenvalue weighted by Gasteiger charge is -2.42. The number of hydrogen-bond donors (Lipinski definition) is 7. The zero-order chi connectivity index (χ0) is 41.4. The van der Waals surface area contributed by atoms with Crippen molar-refractivity contribution in [1.82, 2.24) is 11.5 Å². The van der Waals surface area contributed by atoms with Gasteiger partial charge in [-0.3, -0.25) is 8.98 Å². The van der Waals surface area contributed by atoms with Crippen molar-refractivity contribution >= 4 is 16.3 Å². The summed E-state index contributed by atoms with van der Waals surface area (Å²) in [5.74, 6) is -0.710. The third kappa shape index (κ3) is 28.0. The Balaban J connectivity index is 0.0000314. The molecule has 1 aliphatic rings. The summed E-state index contributed by atoms with van der Waals surface area (Å²) in [5, 5.41) is 55.0. The number of carbonyl (C=O) groups is 1. The summed E-state index contributed by atoms with van der Waals surface area (Å²) in [6, 6.07) is -1.13. The molecule has 14 nitrogen and oxygen atoms in total. The van der Waals surface area contributed by atoms with Crippen molar-refractivity contribution in [3.05, 3.63) is 12.2 Å². The van der Waals surface area contributed by atoms with Crippen LogP contribution in [0.15, 0.2) is 12.2 Å². The van der Waals surface area contributed by atoms with Gasteiger partial charge in [0, 0.05) is 0 Å². The molecule has 0 radical (unpaired) electrons. The summed E-state index contributed by atoms with van der Waals surface area (Å²) in [4.78, 5) is 13.1. The van der Waals surface area contributed by atoms with Crippen molar-refractivity contribution in [3.63, 3.8) is 0 Å². The number of amides is 1. The molecule has 1 amide bonds. The van der Waals surface area contributed by atoms with Crippen LogP contribution in [0.2, 0.25) is 0 Å². The molecule has 0 aliphatic carbocycles. The number of hydrogen-bond acceptors (Lipinski definition) is 12. The average Bonchev–Trinajstić information content (AvgIpc) is 3.16. The highest BCUT2D eigenvalue weighted by Crippen LogP contribution is 2.26. The van der Waals surface area contributed by atoms with E-state index >= 15 is 0 Å². The molecule has 8 atom stereocenters. The third-order valence-electron chi connectivity index (χ3n) is 10.7. The molecule has 1 aliphatic heterocycles. The number of unbranched alkanes of at least 4 members (excludes halogenated alkanes) is 24. The molecule has 340 valence electrons.